The molecule has 1 saturated carbocycles. The molecule has 1 aromatic rings. The molecular weight excluding hydrogens is 316 g/mol. The van der Waals surface area contributed by atoms with Crippen molar-refractivity contribution in [3.05, 3.63) is 27.7 Å². The summed E-state index contributed by atoms with van der Waals surface area (Å²) in [6.07, 6.45) is 6.71. The van der Waals surface area contributed by atoms with E-state index in [2.05, 4.69) is 35.0 Å². The Bertz CT molecular complexity index is 514. The SMILES string of the molecule is COc1cc(Br)c2c(c1)C1(C)CCCCCC(C2)C1O. The van der Waals surface area contributed by atoms with Crippen LogP contribution in [0.4, 0.5) is 0 Å². The van der Waals surface area contributed by atoms with Gasteiger partial charge in [0.15, 0.2) is 0 Å². The zero-order chi connectivity index (χ0) is 14.3. The predicted molar refractivity (Wildman–Crippen MR) is 84.3 cm³/mol. The van der Waals surface area contributed by atoms with Crippen LogP contribution in [0.3, 0.4) is 0 Å². The molecule has 1 fully saturated rings. The van der Waals surface area contributed by atoms with Gasteiger partial charge < -0.3 is 9.84 Å². The molecule has 3 unspecified atom stereocenters. The Morgan fingerprint density at radius 3 is 2.85 bits per heavy atom. The van der Waals surface area contributed by atoms with E-state index in [1.807, 2.05) is 0 Å². The molecule has 3 rings (SSSR count). The van der Waals surface area contributed by atoms with Crippen molar-refractivity contribution in [1.82, 2.24) is 0 Å². The van der Waals surface area contributed by atoms with Crippen molar-refractivity contribution in [2.24, 2.45) is 5.92 Å². The third-order valence-corrected chi connectivity index (χ3v) is 6.06. The molecular formula is C17H23BrO2. The van der Waals surface area contributed by atoms with Crippen LogP contribution in [0.1, 0.15) is 50.2 Å². The lowest BCUT2D eigenvalue weighted by atomic mass is 9.61. The number of aliphatic hydroxyl groups is 1. The van der Waals surface area contributed by atoms with Crippen LogP contribution in [0.5, 0.6) is 5.75 Å². The van der Waals surface area contributed by atoms with Gasteiger partial charge in [-0.25, -0.2) is 0 Å². The minimum atomic E-state index is -0.227. The number of methoxy groups -OCH3 is 1. The summed E-state index contributed by atoms with van der Waals surface area (Å²) in [5.41, 5.74) is 2.54. The van der Waals surface area contributed by atoms with Gasteiger partial charge in [0.2, 0.25) is 0 Å². The monoisotopic (exact) mass is 338 g/mol. The van der Waals surface area contributed by atoms with E-state index in [1.165, 1.54) is 30.4 Å². The van der Waals surface area contributed by atoms with Crippen LogP contribution in [0, 0.1) is 5.92 Å². The average molecular weight is 339 g/mol. The van der Waals surface area contributed by atoms with Crippen LogP contribution < -0.4 is 4.74 Å². The number of aliphatic hydroxyl groups excluding tert-OH is 1. The highest BCUT2D eigenvalue weighted by atomic mass is 79.9. The van der Waals surface area contributed by atoms with Crippen molar-refractivity contribution in [3.8, 4) is 5.75 Å². The molecule has 3 heteroatoms. The standard InChI is InChI=1S/C17H23BrO2/c1-17-7-5-3-4-6-11(16(17)19)8-13-14(17)9-12(20-2)10-15(13)18/h9-11,16,19H,3-8H2,1-2H3. The molecule has 110 valence electrons. The van der Waals surface area contributed by atoms with Crippen molar-refractivity contribution >= 4 is 15.9 Å². The summed E-state index contributed by atoms with van der Waals surface area (Å²) in [7, 11) is 1.71. The van der Waals surface area contributed by atoms with Crippen molar-refractivity contribution in [2.75, 3.05) is 7.11 Å². The van der Waals surface area contributed by atoms with E-state index in [4.69, 9.17) is 4.74 Å². The van der Waals surface area contributed by atoms with Gasteiger partial charge in [0, 0.05) is 9.89 Å². The van der Waals surface area contributed by atoms with Gasteiger partial charge in [-0.05, 0) is 48.4 Å². The van der Waals surface area contributed by atoms with Gasteiger partial charge in [0.25, 0.3) is 0 Å². The number of ether oxygens (including phenoxy) is 1. The Labute approximate surface area is 129 Å². The Morgan fingerprint density at radius 2 is 2.10 bits per heavy atom. The largest absolute Gasteiger partial charge is 0.497 e. The van der Waals surface area contributed by atoms with E-state index in [0.29, 0.717) is 5.92 Å². The lowest BCUT2D eigenvalue weighted by molar-refractivity contribution is 0.00867. The van der Waals surface area contributed by atoms with Crippen LogP contribution >= 0.6 is 15.9 Å². The van der Waals surface area contributed by atoms with E-state index < -0.39 is 0 Å². The summed E-state index contributed by atoms with van der Waals surface area (Å²) in [5.74, 6) is 1.28. The van der Waals surface area contributed by atoms with Crippen LogP contribution in [0.2, 0.25) is 0 Å². The summed E-state index contributed by atoms with van der Waals surface area (Å²) < 4.78 is 6.56. The molecule has 2 bridgehead atoms. The first-order chi connectivity index (χ1) is 9.56. The Balaban J connectivity index is 2.15. The normalized spacial score (nSPS) is 33.0. The molecule has 2 aliphatic carbocycles. The molecule has 20 heavy (non-hydrogen) atoms. The zero-order valence-corrected chi connectivity index (χ0v) is 13.9. The fourth-order valence-corrected chi connectivity index (χ4v) is 4.72. The molecule has 2 nitrogen and oxygen atoms in total. The summed E-state index contributed by atoms with van der Waals surface area (Å²) in [5, 5.41) is 10.9. The number of benzene rings is 1. The first-order valence-electron chi connectivity index (χ1n) is 7.61. The number of rotatable bonds is 1. The maximum Gasteiger partial charge on any atom is 0.120 e. The van der Waals surface area contributed by atoms with Gasteiger partial charge in [-0.1, -0.05) is 42.1 Å². The second-order valence-corrected chi connectivity index (χ2v) is 7.42. The summed E-state index contributed by atoms with van der Waals surface area (Å²) in [6.45, 7) is 2.24. The molecule has 1 aromatic carbocycles. The van der Waals surface area contributed by atoms with Gasteiger partial charge in [0.1, 0.15) is 5.75 Å². The predicted octanol–water partition coefficient (Wildman–Crippen LogP) is 4.21. The molecule has 0 saturated heterocycles. The van der Waals surface area contributed by atoms with Crippen molar-refractivity contribution in [2.45, 2.75) is 57.0 Å². The van der Waals surface area contributed by atoms with E-state index in [-0.39, 0.29) is 11.5 Å². The molecule has 3 atom stereocenters. The fraction of sp³-hybridized carbons (Fsp3) is 0.647. The maximum absolute atomic E-state index is 10.9. The third-order valence-electron chi connectivity index (χ3n) is 5.36. The van der Waals surface area contributed by atoms with Crippen LogP contribution in [-0.4, -0.2) is 18.3 Å². The second kappa shape index (κ2) is 5.34. The number of fused-ring (bicyclic) bond motifs is 4. The van der Waals surface area contributed by atoms with E-state index in [9.17, 15) is 5.11 Å². The lowest BCUT2D eigenvalue weighted by Gasteiger charge is -2.46. The topological polar surface area (TPSA) is 29.5 Å². The van der Waals surface area contributed by atoms with E-state index >= 15 is 0 Å². The second-order valence-electron chi connectivity index (χ2n) is 6.56. The lowest BCUT2D eigenvalue weighted by Crippen LogP contribution is -2.47. The minimum absolute atomic E-state index is 0.129. The summed E-state index contributed by atoms with van der Waals surface area (Å²) in [4.78, 5) is 0. The van der Waals surface area contributed by atoms with Gasteiger partial charge >= 0.3 is 0 Å². The maximum atomic E-state index is 10.9. The summed E-state index contributed by atoms with van der Waals surface area (Å²) >= 11 is 3.71. The smallest absolute Gasteiger partial charge is 0.120 e. The minimum Gasteiger partial charge on any atom is -0.497 e. The van der Waals surface area contributed by atoms with Crippen molar-refractivity contribution in [3.63, 3.8) is 0 Å². The molecule has 0 aromatic heterocycles. The average Bonchev–Trinajstić information content (AvgIpc) is 2.44. The van der Waals surface area contributed by atoms with E-state index in [1.54, 1.807) is 7.11 Å². The molecule has 2 aliphatic rings. The Morgan fingerprint density at radius 1 is 1.30 bits per heavy atom. The highest BCUT2D eigenvalue weighted by Crippen LogP contribution is 2.49. The first-order valence-corrected chi connectivity index (χ1v) is 8.40. The molecule has 0 radical (unpaired) electrons. The Kier molecular flexibility index (Phi) is 3.85. The highest BCUT2D eigenvalue weighted by molar-refractivity contribution is 9.10. The Hall–Kier alpha value is -0.540. The van der Waals surface area contributed by atoms with Crippen molar-refractivity contribution < 1.29 is 9.84 Å². The van der Waals surface area contributed by atoms with E-state index in [0.717, 1.165) is 29.5 Å². The van der Waals surface area contributed by atoms with Crippen LogP contribution in [0.25, 0.3) is 0 Å². The van der Waals surface area contributed by atoms with Gasteiger partial charge in [-0.15, -0.1) is 0 Å². The third kappa shape index (κ3) is 2.19. The number of halogens is 1. The number of hydrogen-bond donors (Lipinski definition) is 1. The van der Waals surface area contributed by atoms with Crippen LogP contribution in [0.15, 0.2) is 16.6 Å². The van der Waals surface area contributed by atoms with Gasteiger partial charge in [-0.3, -0.25) is 0 Å². The molecule has 0 heterocycles. The fourth-order valence-electron chi connectivity index (χ4n) is 4.12. The molecule has 0 amide bonds. The summed E-state index contributed by atoms with van der Waals surface area (Å²) in [6, 6.07) is 4.20. The quantitative estimate of drug-likeness (QED) is 0.830. The van der Waals surface area contributed by atoms with Gasteiger partial charge in [0.05, 0.1) is 13.2 Å². The highest BCUT2D eigenvalue weighted by Gasteiger charge is 2.45. The van der Waals surface area contributed by atoms with Gasteiger partial charge in [-0.2, -0.15) is 0 Å². The number of hydrogen-bond acceptors (Lipinski definition) is 2. The van der Waals surface area contributed by atoms with Crippen LogP contribution in [-0.2, 0) is 11.8 Å². The molecule has 0 aliphatic heterocycles. The molecule has 0 spiro atoms. The zero-order valence-electron chi connectivity index (χ0n) is 12.3. The molecule has 1 N–H and O–H groups in total. The first kappa shape index (κ1) is 14.4. The van der Waals surface area contributed by atoms with Crippen molar-refractivity contribution in [1.29, 1.82) is 0 Å².